The molecule has 2 heterocycles. The van der Waals surface area contributed by atoms with E-state index in [1.165, 1.54) is 0 Å². The Morgan fingerprint density at radius 2 is 2.06 bits per heavy atom. The molecule has 0 saturated carbocycles. The molecule has 0 saturated heterocycles. The second kappa shape index (κ2) is 5.27. The Balaban J connectivity index is 2.33. The minimum absolute atomic E-state index is 0.141. The zero-order valence-electron chi connectivity index (χ0n) is 9.72. The summed E-state index contributed by atoms with van der Waals surface area (Å²) in [5.41, 5.74) is 1.82. The molecule has 88 valence electrons. The maximum atomic E-state index is 5.60. The summed E-state index contributed by atoms with van der Waals surface area (Å²) in [6, 6.07) is 7.73. The van der Waals surface area contributed by atoms with Gasteiger partial charge in [-0.25, -0.2) is 4.98 Å². The molecule has 0 bridgehead atoms. The van der Waals surface area contributed by atoms with Gasteiger partial charge in [-0.05, 0) is 48.0 Å². The molecule has 0 atom stereocenters. The molecule has 0 unspecified atom stereocenters. The number of halogens is 1. The molecule has 4 heteroatoms. The van der Waals surface area contributed by atoms with Crippen molar-refractivity contribution in [2.75, 3.05) is 0 Å². The van der Waals surface area contributed by atoms with Crippen LogP contribution < -0.4 is 4.74 Å². The van der Waals surface area contributed by atoms with Crippen LogP contribution in [-0.4, -0.2) is 16.1 Å². The molecule has 0 aliphatic heterocycles. The van der Waals surface area contributed by atoms with Crippen molar-refractivity contribution in [3.63, 3.8) is 0 Å². The van der Waals surface area contributed by atoms with E-state index in [9.17, 15) is 0 Å². The van der Waals surface area contributed by atoms with Gasteiger partial charge in [0.15, 0.2) is 0 Å². The summed E-state index contributed by atoms with van der Waals surface area (Å²) in [6.45, 7) is 3.98. The number of aromatic nitrogens is 2. The van der Waals surface area contributed by atoms with E-state index >= 15 is 0 Å². The fourth-order valence-corrected chi connectivity index (χ4v) is 1.81. The lowest BCUT2D eigenvalue weighted by Gasteiger charge is -2.10. The molecule has 2 rings (SSSR count). The molecule has 0 fully saturated rings. The molecular weight excluding hydrogens is 280 g/mol. The predicted molar refractivity (Wildman–Crippen MR) is 70.9 cm³/mol. The highest BCUT2D eigenvalue weighted by atomic mass is 79.9. The van der Waals surface area contributed by atoms with Crippen LogP contribution in [0.15, 0.2) is 41.3 Å². The second-order valence-electron chi connectivity index (χ2n) is 3.92. The molecular formula is C13H13BrN2O. The summed E-state index contributed by atoms with van der Waals surface area (Å²) in [7, 11) is 0. The lowest BCUT2D eigenvalue weighted by atomic mass is 10.2. The lowest BCUT2D eigenvalue weighted by molar-refractivity contribution is 0.241. The molecule has 2 aromatic heterocycles. The summed E-state index contributed by atoms with van der Waals surface area (Å²) in [6.07, 6.45) is 3.63. The first kappa shape index (κ1) is 12.0. The Hall–Kier alpha value is -1.42. The summed E-state index contributed by atoms with van der Waals surface area (Å²) in [4.78, 5) is 8.55. The average molecular weight is 293 g/mol. The third-order valence-corrected chi connectivity index (χ3v) is 2.54. The molecule has 0 aliphatic carbocycles. The van der Waals surface area contributed by atoms with Crippen molar-refractivity contribution < 1.29 is 4.74 Å². The van der Waals surface area contributed by atoms with Crippen molar-refractivity contribution in [3.8, 4) is 17.0 Å². The molecule has 0 aliphatic rings. The highest BCUT2D eigenvalue weighted by Crippen LogP contribution is 2.22. The van der Waals surface area contributed by atoms with Crippen molar-refractivity contribution >= 4 is 15.9 Å². The van der Waals surface area contributed by atoms with Crippen molar-refractivity contribution in [2.45, 2.75) is 20.0 Å². The first-order valence-electron chi connectivity index (χ1n) is 5.40. The first-order chi connectivity index (χ1) is 8.15. The normalized spacial score (nSPS) is 10.6. The van der Waals surface area contributed by atoms with Gasteiger partial charge in [0.25, 0.3) is 0 Å². The largest absolute Gasteiger partial charge is 0.489 e. The molecule has 0 spiro atoms. The highest BCUT2D eigenvalue weighted by Gasteiger charge is 2.04. The van der Waals surface area contributed by atoms with Gasteiger partial charge in [0.1, 0.15) is 10.4 Å². The minimum atomic E-state index is 0.141. The highest BCUT2D eigenvalue weighted by molar-refractivity contribution is 9.10. The Morgan fingerprint density at radius 1 is 1.24 bits per heavy atom. The van der Waals surface area contributed by atoms with Crippen LogP contribution in [0.25, 0.3) is 11.3 Å². The standard InChI is InChI=1S/C13H13BrN2O/c1-9(2)17-11-6-10(7-15-8-11)12-4-3-5-13(14)16-12/h3-9H,1-2H3. The number of hydrogen-bond donors (Lipinski definition) is 0. The monoisotopic (exact) mass is 292 g/mol. The average Bonchev–Trinajstić information content (AvgIpc) is 2.28. The van der Waals surface area contributed by atoms with Crippen molar-refractivity contribution in [2.24, 2.45) is 0 Å². The lowest BCUT2D eigenvalue weighted by Crippen LogP contribution is -2.05. The van der Waals surface area contributed by atoms with E-state index in [0.717, 1.165) is 21.6 Å². The quantitative estimate of drug-likeness (QED) is 0.809. The van der Waals surface area contributed by atoms with Crippen LogP contribution in [0.1, 0.15) is 13.8 Å². The molecule has 17 heavy (non-hydrogen) atoms. The van der Waals surface area contributed by atoms with Crippen molar-refractivity contribution in [1.82, 2.24) is 9.97 Å². The van der Waals surface area contributed by atoms with E-state index in [0.29, 0.717) is 0 Å². The summed E-state index contributed by atoms with van der Waals surface area (Å²) < 4.78 is 6.41. The van der Waals surface area contributed by atoms with Gasteiger partial charge in [0.05, 0.1) is 18.0 Å². The van der Waals surface area contributed by atoms with Crippen LogP contribution in [-0.2, 0) is 0 Å². The molecule has 0 N–H and O–H groups in total. The van der Waals surface area contributed by atoms with Gasteiger partial charge in [-0.3, -0.25) is 4.98 Å². The Bertz CT molecular complexity index is 514. The Morgan fingerprint density at radius 3 is 2.76 bits per heavy atom. The van der Waals surface area contributed by atoms with Gasteiger partial charge in [0, 0.05) is 11.8 Å². The van der Waals surface area contributed by atoms with Crippen LogP contribution >= 0.6 is 15.9 Å². The van der Waals surface area contributed by atoms with E-state index in [4.69, 9.17) is 4.74 Å². The smallest absolute Gasteiger partial charge is 0.138 e. The molecule has 3 nitrogen and oxygen atoms in total. The molecule has 0 radical (unpaired) electrons. The van der Waals surface area contributed by atoms with Crippen LogP contribution in [0, 0.1) is 0 Å². The number of rotatable bonds is 3. The van der Waals surface area contributed by atoms with E-state index in [1.54, 1.807) is 12.4 Å². The van der Waals surface area contributed by atoms with Crippen LogP contribution in [0.5, 0.6) is 5.75 Å². The minimum Gasteiger partial charge on any atom is -0.489 e. The van der Waals surface area contributed by atoms with Crippen LogP contribution in [0.2, 0.25) is 0 Å². The van der Waals surface area contributed by atoms with Gasteiger partial charge >= 0.3 is 0 Å². The molecule has 0 aromatic carbocycles. The van der Waals surface area contributed by atoms with Crippen LogP contribution in [0.3, 0.4) is 0 Å². The fraction of sp³-hybridized carbons (Fsp3) is 0.231. The van der Waals surface area contributed by atoms with Gasteiger partial charge in [0.2, 0.25) is 0 Å². The first-order valence-corrected chi connectivity index (χ1v) is 6.19. The topological polar surface area (TPSA) is 35.0 Å². The summed E-state index contributed by atoms with van der Waals surface area (Å²) in [5.74, 6) is 0.763. The van der Waals surface area contributed by atoms with E-state index < -0.39 is 0 Å². The maximum absolute atomic E-state index is 5.60. The number of ether oxygens (including phenoxy) is 1. The van der Waals surface area contributed by atoms with E-state index in [2.05, 4.69) is 25.9 Å². The van der Waals surface area contributed by atoms with E-state index in [1.807, 2.05) is 38.1 Å². The van der Waals surface area contributed by atoms with Crippen molar-refractivity contribution in [1.29, 1.82) is 0 Å². The SMILES string of the molecule is CC(C)Oc1cncc(-c2cccc(Br)n2)c1. The number of pyridine rings is 2. The third-order valence-electron chi connectivity index (χ3n) is 2.10. The van der Waals surface area contributed by atoms with Gasteiger partial charge < -0.3 is 4.74 Å². The third kappa shape index (κ3) is 3.27. The zero-order chi connectivity index (χ0) is 12.3. The van der Waals surface area contributed by atoms with Crippen molar-refractivity contribution in [3.05, 3.63) is 41.3 Å². The van der Waals surface area contributed by atoms with Gasteiger partial charge in [-0.15, -0.1) is 0 Å². The van der Waals surface area contributed by atoms with Crippen LogP contribution in [0.4, 0.5) is 0 Å². The molecule has 2 aromatic rings. The molecule has 0 amide bonds. The fourth-order valence-electron chi connectivity index (χ4n) is 1.46. The Kier molecular flexibility index (Phi) is 3.74. The van der Waals surface area contributed by atoms with E-state index in [-0.39, 0.29) is 6.10 Å². The summed E-state index contributed by atoms with van der Waals surface area (Å²) >= 11 is 3.36. The maximum Gasteiger partial charge on any atom is 0.138 e. The number of hydrogen-bond acceptors (Lipinski definition) is 3. The zero-order valence-corrected chi connectivity index (χ0v) is 11.3. The Labute approximate surface area is 109 Å². The summed E-state index contributed by atoms with van der Waals surface area (Å²) in [5, 5.41) is 0. The van der Waals surface area contributed by atoms with Gasteiger partial charge in [-0.1, -0.05) is 6.07 Å². The van der Waals surface area contributed by atoms with Gasteiger partial charge in [-0.2, -0.15) is 0 Å². The predicted octanol–water partition coefficient (Wildman–Crippen LogP) is 3.69. The second-order valence-corrected chi connectivity index (χ2v) is 4.73. The number of nitrogens with zero attached hydrogens (tertiary/aromatic N) is 2.